The maximum atomic E-state index is 12.7. The molecule has 1 aliphatic heterocycles. The highest BCUT2D eigenvalue weighted by Gasteiger charge is 2.25. The van der Waals surface area contributed by atoms with Crippen molar-refractivity contribution in [1.29, 1.82) is 0 Å². The molecule has 0 atom stereocenters. The zero-order valence-electron chi connectivity index (χ0n) is 17.9. The molecular formula is C24H34N4O. The lowest BCUT2D eigenvalue weighted by Gasteiger charge is -2.33. The number of benzene rings is 1. The summed E-state index contributed by atoms with van der Waals surface area (Å²) in [6.45, 7) is 7.54. The lowest BCUT2D eigenvalue weighted by molar-refractivity contribution is -0.121. The van der Waals surface area contributed by atoms with Crippen LogP contribution in [0.5, 0.6) is 0 Å². The molecule has 1 saturated heterocycles. The molecule has 1 aromatic carbocycles. The molecule has 1 N–H and O–H groups in total. The molecule has 1 aromatic heterocycles. The molecule has 2 fully saturated rings. The van der Waals surface area contributed by atoms with Gasteiger partial charge in [0.25, 0.3) is 0 Å². The number of aryl methyl sites for hydroxylation is 1. The first-order valence-corrected chi connectivity index (χ1v) is 11.2. The Morgan fingerprint density at radius 3 is 2.45 bits per heavy atom. The molecule has 0 spiro atoms. The van der Waals surface area contributed by atoms with Crippen molar-refractivity contribution in [2.24, 2.45) is 5.92 Å². The van der Waals surface area contributed by atoms with Gasteiger partial charge in [0.2, 0.25) is 5.91 Å². The van der Waals surface area contributed by atoms with Gasteiger partial charge in [-0.2, -0.15) is 5.10 Å². The Morgan fingerprint density at radius 1 is 1.07 bits per heavy atom. The molecule has 2 aromatic rings. The highest BCUT2D eigenvalue weighted by atomic mass is 16.1. The second-order valence-corrected chi connectivity index (χ2v) is 8.87. The molecule has 0 bridgehead atoms. The largest absolute Gasteiger partial charge is 0.353 e. The minimum atomic E-state index is 0.123. The van der Waals surface area contributed by atoms with Crippen molar-refractivity contribution in [1.82, 2.24) is 20.0 Å². The summed E-state index contributed by atoms with van der Waals surface area (Å²) < 4.78 is 1.94. The molecule has 156 valence electrons. The third kappa shape index (κ3) is 4.89. The quantitative estimate of drug-likeness (QED) is 0.811. The lowest BCUT2D eigenvalue weighted by Crippen LogP contribution is -2.46. The number of aromatic nitrogens is 2. The van der Waals surface area contributed by atoms with E-state index in [0.717, 1.165) is 54.5 Å². The molecule has 0 radical (unpaired) electrons. The number of amides is 1. The monoisotopic (exact) mass is 394 g/mol. The van der Waals surface area contributed by atoms with Gasteiger partial charge in [-0.05, 0) is 57.6 Å². The smallest absolute Gasteiger partial charge is 0.224 e. The van der Waals surface area contributed by atoms with Crippen LogP contribution in [0.1, 0.15) is 55.5 Å². The van der Waals surface area contributed by atoms with Crippen LogP contribution in [0.2, 0.25) is 0 Å². The Hall–Kier alpha value is -2.14. The standard InChI is InChI=1S/C24H34N4O/c1-18-23(19(2)28(26-18)22-10-4-3-5-11-22)16-24(29)25-21-12-14-27(15-13-21)17-20-8-6-7-9-20/h3-5,10-11,20-21H,6-9,12-17H2,1-2H3,(H,25,29). The van der Waals surface area contributed by atoms with Gasteiger partial charge in [-0.1, -0.05) is 31.0 Å². The second kappa shape index (κ2) is 9.12. The number of rotatable bonds is 6. The minimum absolute atomic E-state index is 0.123. The van der Waals surface area contributed by atoms with E-state index in [1.807, 2.05) is 41.9 Å². The summed E-state index contributed by atoms with van der Waals surface area (Å²) in [6, 6.07) is 10.4. The molecule has 1 aliphatic carbocycles. The maximum Gasteiger partial charge on any atom is 0.224 e. The normalized spacial score (nSPS) is 19.0. The molecule has 5 heteroatoms. The number of nitrogens with zero attached hydrogens (tertiary/aromatic N) is 3. The average molecular weight is 395 g/mol. The van der Waals surface area contributed by atoms with Gasteiger partial charge in [0.05, 0.1) is 17.8 Å². The Morgan fingerprint density at radius 2 is 1.76 bits per heavy atom. The SMILES string of the molecule is Cc1nn(-c2ccccc2)c(C)c1CC(=O)NC1CCN(CC2CCCC2)CC1. The zero-order valence-corrected chi connectivity index (χ0v) is 17.9. The van der Waals surface area contributed by atoms with Crippen LogP contribution in [0.15, 0.2) is 30.3 Å². The molecule has 1 amide bonds. The van der Waals surface area contributed by atoms with Crippen LogP contribution in [-0.4, -0.2) is 46.3 Å². The first-order valence-electron chi connectivity index (χ1n) is 11.2. The van der Waals surface area contributed by atoms with E-state index < -0.39 is 0 Å². The van der Waals surface area contributed by atoms with Crippen molar-refractivity contribution in [3.8, 4) is 5.69 Å². The molecule has 5 nitrogen and oxygen atoms in total. The van der Waals surface area contributed by atoms with Crippen LogP contribution >= 0.6 is 0 Å². The Labute approximate surface area is 174 Å². The zero-order chi connectivity index (χ0) is 20.2. The summed E-state index contributed by atoms with van der Waals surface area (Å²) in [6.07, 6.45) is 8.19. The van der Waals surface area contributed by atoms with Crippen molar-refractivity contribution in [2.75, 3.05) is 19.6 Å². The fourth-order valence-corrected chi connectivity index (χ4v) is 5.01. The van der Waals surface area contributed by atoms with E-state index in [1.54, 1.807) is 0 Å². The van der Waals surface area contributed by atoms with E-state index >= 15 is 0 Å². The fraction of sp³-hybridized carbons (Fsp3) is 0.583. The predicted octanol–water partition coefficient (Wildman–Crippen LogP) is 3.80. The van der Waals surface area contributed by atoms with Crippen LogP contribution in [0.25, 0.3) is 5.69 Å². The van der Waals surface area contributed by atoms with Gasteiger partial charge >= 0.3 is 0 Å². The van der Waals surface area contributed by atoms with Crippen LogP contribution in [0.4, 0.5) is 0 Å². The molecule has 29 heavy (non-hydrogen) atoms. The number of hydrogen-bond acceptors (Lipinski definition) is 3. The van der Waals surface area contributed by atoms with E-state index in [0.29, 0.717) is 12.5 Å². The highest BCUT2D eigenvalue weighted by Crippen LogP contribution is 2.26. The molecule has 2 heterocycles. The van der Waals surface area contributed by atoms with E-state index in [9.17, 15) is 4.79 Å². The van der Waals surface area contributed by atoms with Gasteiger partial charge in [-0.25, -0.2) is 4.68 Å². The fourth-order valence-electron chi connectivity index (χ4n) is 5.01. The van der Waals surface area contributed by atoms with Crippen LogP contribution < -0.4 is 5.32 Å². The van der Waals surface area contributed by atoms with Gasteiger partial charge in [0.1, 0.15) is 0 Å². The van der Waals surface area contributed by atoms with E-state index in [4.69, 9.17) is 0 Å². The van der Waals surface area contributed by atoms with Crippen LogP contribution in [0.3, 0.4) is 0 Å². The summed E-state index contributed by atoms with van der Waals surface area (Å²) >= 11 is 0. The maximum absolute atomic E-state index is 12.7. The second-order valence-electron chi connectivity index (χ2n) is 8.87. The molecule has 0 unspecified atom stereocenters. The number of para-hydroxylation sites is 1. The molecule has 2 aliphatic rings. The van der Waals surface area contributed by atoms with E-state index in [-0.39, 0.29) is 5.91 Å². The van der Waals surface area contributed by atoms with Gasteiger partial charge in [-0.15, -0.1) is 0 Å². The number of piperidine rings is 1. The van der Waals surface area contributed by atoms with Crippen LogP contribution in [-0.2, 0) is 11.2 Å². The van der Waals surface area contributed by atoms with E-state index in [1.165, 1.54) is 32.2 Å². The first kappa shape index (κ1) is 20.1. The Balaban J connectivity index is 1.30. The average Bonchev–Trinajstić information content (AvgIpc) is 3.33. The number of carbonyl (C=O) groups excluding carboxylic acids is 1. The summed E-state index contributed by atoms with van der Waals surface area (Å²) in [7, 11) is 0. The summed E-state index contributed by atoms with van der Waals surface area (Å²) in [4.78, 5) is 15.3. The number of hydrogen-bond donors (Lipinski definition) is 1. The Kier molecular flexibility index (Phi) is 6.34. The van der Waals surface area contributed by atoms with Crippen molar-refractivity contribution in [3.05, 3.63) is 47.3 Å². The molecular weight excluding hydrogens is 360 g/mol. The summed E-state index contributed by atoms with van der Waals surface area (Å²) in [5, 5.41) is 7.95. The summed E-state index contributed by atoms with van der Waals surface area (Å²) in [5.74, 6) is 1.03. The van der Waals surface area contributed by atoms with Gasteiger partial charge in [0.15, 0.2) is 0 Å². The van der Waals surface area contributed by atoms with Crippen molar-refractivity contribution >= 4 is 5.91 Å². The van der Waals surface area contributed by atoms with Gasteiger partial charge in [0, 0.05) is 36.9 Å². The predicted molar refractivity (Wildman–Crippen MR) is 116 cm³/mol. The van der Waals surface area contributed by atoms with Crippen molar-refractivity contribution in [3.63, 3.8) is 0 Å². The number of likely N-dealkylation sites (tertiary alicyclic amines) is 1. The molecule has 1 saturated carbocycles. The number of nitrogens with one attached hydrogen (secondary N) is 1. The number of carbonyl (C=O) groups is 1. The topological polar surface area (TPSA) is 50.2 Å². The minimum Gasteiger partial charge on any atom is -0.353 e. The Bertz CT molecular complexity index is 815. The third-order valence-electron chi connectivity index (χ3n) is 6.72. The van der Waals surface area contributed by atoms with E-state index in [2.05, 4.69) is 22.2 Å². The molecule has 4 rings (SSSR count). The highest BCUT2D eigenvalue weighted by molar-refractivity contribution is 5.79. The van der Waals surface area contributed by atoms with Crippen molar-refractivity contribution in [2.45, 2.75) is 64.8 Å². The lowest BCUT2D eigenvalue weighted by atomic mass is 10.0. The van der Waals surface area contributed by atoms with Crippen LogP contribution in [0, 0.1) is 19.8 Å². The van der Waals surface area contributed by atoms with Gasteiger partial charge in [-0.3, -0.25) is 4.79 Å². The van der Waals surface area contributed by atoms with Gasteiger partial charge < -0.3 is 10.2 Å². The third-order valence-corrected chi connectivity index (χ3v) is 6.72. The van der Waals surface area contributed by atoms with Crippen molar-refractivity contribution < 1.29 is 4.79 Å². The first-order chi connectivity index (χ1) is 14.1. The summed E-state index contributed by atoms with van der Waals surface area (Å²) in [5.41, 5.74) is 4.07.